The third kappa shape index (κ3) is 4.08. The fourth-order valence-corrected chi connectivity index (χ4v) is 7.64. The molecule has 0 aliphatic carbocycles. The van der Waals surface area contributed by atoms with Crippen LogP contribution in [0.4, 0.5) is 5.69 Å². The Kier molecular flexibility index (Phi) is 5.44. The summed E-state index contributed by atoms with van der Waals surface area (Å²) in [7, 11) is -3.13. The third-order valence-corrected chi connectivity index (χ3v) is 8.62. The van der Waals surface area contributed by atoms with Gasteiger partial charge in [0.25, 0.3) is 5.91 Å². The van der Waals surface area contributed by atoms with E-state index in [9.17, 15) is 13.2 Å². The van der Waals surface area contributed by atoms with Crippen LogP contribution in [0.1, 0.15) is 5.56 Å². The van der Waals surface area contributed by atoms with E-state index < -0.39 is 9.84 Å². The lowest BCUT2D eigenvalue weighted by Gasteiger charge is -2.24. The Balaban J connectivity index is 1.67. The van der Waals surface area contributed by atoms with E-state index in [0.717, 1.165) is 5.56 Å². The molecule has 146 valence electrons. The molecule has 0 N–H and O–H groups in total. The molecule has 0 radical (unpaired) electrons. The van der Waals surface area contributed by atoms with Gasteiger partial charge in [0.15, 0.2) is 15.0 Å². The molecule has 0 saturated carbocycles. The summed E-state index contributed by atoms with van der Waals surface area (Å²) in [5, 5.41) is 1.11. The molecular formula is C19H16Cl2N2O3S2. The average molecular weight is 455 g/mol. The molecule has 0 spiro atoms. The second-order valence-electron chi connectivity index (χ2n) is 6.72. The first-order chi connectivity index (χ1) is 13.3. The second kappa shape index (κ2) is 7.71. The molecule has 2 aromatic carbocycles. The quantitative estimate of drug-likeness (QED) is 0.704. The van der Waals surface area contributed by atoms with Gasteiger partial charge in [-0.1, -0.05) is 65.3 Å². The van der Waals surface area contributed by atoms with Crippen LogP contribution in [0.3, 0.4) is 0 Å². The van der Waals surface area contributed by atoms with Crippen molar-refractivity contribution in [2.75, 3.05) is 16.4 Å². The van der Waals surface area contributed by atoms with Gasteiger partial charge in [0.2, 0.25) is 0 Å². The number of carbonyl (C=O) groups is 1. The van der Waals surface area contributed by atoms with Crippen LogP contribution in [0.2, 0.25) is 10.0 Å². The fourth-order valence-electron chi connectivity index (χ4n) is 3.42. The molecule has 9 heteroatoms. The molecule has 1 amide bonds. The van der Waals surface area contributed by atoms with Crippen LogP contribution in [-0.4, -0.2) is 42.3 Å². The van der Waals surface area contributed by atoms with Crippen molar-refractivity contribution in [3.63, 3.8) is 0 Å². The first-order valence-electron chi connectivity index (χ1n) is 8.59. The lowest BCUT2D eigenvalue weighted by Crippen LogP contribution is -2.37. The van der Waals surface area contributed by atoms with E-state index in [4.69, 9.17) is 23.2 Å². The van der Waals surface area contributed by atoms with Crippen LogP contribution in [0.5, 0.6) is 0 Å². The molecular weight excluding hydrogens is 439 g/mol. The number of carbonyl (C=O) groups excluding carboxylic acids is 1. The van der Waals surface area contributed by atoms with Gasteiger partial charge in [-0.15, -0.1) is 0 Å². The molecule has 0 aromatic heterocycles. The Morgan fingerprint density at radius 3 is 2.57 bits per heavy atom. The van der Waals surface area contributed by atoms with Gasteiger partial charge in [0, 0.05) is 10.9 Å². The van der Waals surface area contributed by atoms with Gasteiger partial charge in [0.1, 0.15) is 0 Å². The highest BCUT2D eigenvalue weighted by Crippen LogP contribution is 2.42. The highest BCUT2D eigenvalue weighted by atomic mass is 35.5. The Bertz CT molecular complexity index is 1060. The Hall–Kier alpha value is -1.54. The maximum atomic E-state index is 12.5. The number of amides is 1. The lowest BCUT2D eigenvalue weighted by atomic mass is 10.1. The van der Waals surface area contributed by atoms with Crippen molar-refractivity contribution in [3.8, 4) is 0 Å². The smallest absolute Gasteiger partial charge is 0.252 e. The maximum absolute atomic E-state index is 12.5. The van der Waals surface area contributed by atoms with Gasteiger partial charge < -0.3 is 4.90 Å². The van der Waals surface area contributed by atoms with Crippen molar-refractivity contribution in [2.45, 2.75) is 17.7 Å². The minimum Gasteiger partial charge on any atom is -0.316 e. The zero-order valence-corrected chi connectivity index (χ0v) is 17.7. The molecule has 2 atom stereocenters. The summed E-state index contributed by atoms with van der Waals surface area (Å²) in [4.78, 5) is 18.6. The maximum Gasteiger partial charge on any atom is 0.252 e. The van der Waals surface area contributed by atoms with Crippen LogP contribution in [0.25, 0.3) is 0 Å². The monoisotopic (exact) mass is 454 g/mol. The second-order valence-corrected chi connectivity index (χ2v) is 10.9. The van der Waals surface area contributed by atoms with Gasteiger partial charge in [-0.3, -0.25) is 4.79 Å². The van der Waals surface area contributed by atoms with Gasteiger partial charge >= 0.3 is 0 Å². The Morgan fingerprint density at radius 1 is 1.11 bits per heavy atom. The van der Waals surface area contributed by atoms with Crippen molar-refractivity contribution in [2.24, 2.45) is 4.99 Å². The summed E-state index contributed by atoms with van der Waals surface area (Å²) < 4.78 is 24.2. The molecule has 2 aliphatic heterocycles. The first kappa shape index (κ1) is 19.8. The Morgan fingerprint density at radius 2 is 1.86 bits per heavy atom. The number of sulfone groups is 1. The normalized spacial score (nSPS) is 24.5. The van der Waals surface area contributed by atoms with Crippen molar-refractivity contribution >= 4 is 61.6 Å². The van der Waals surface area contributed by atoms with Gasteiger partial charge in [0.05, 0.1) is 34.0 Å². The van der Waals surface area contributed by atoms with Crippen molar-refractivity contribution in [3.05, 3.63) is 64.1 Å². The van der Waals surface area contributed by atoms with E-state index in [1.807, 2.05) is 35.2 Å². The summed E-state index contributed by atoms with van der Waals surface area (Å²) in [6, 6.07) is 14.2. The minimum atomic E-state index is -3.13. The number of hydrogen-bond donors (Lipinski definition) is 0. The van der Waals surface area contributed by atoms with Gasteiger partial charge in [-0.25, -0.2) is 8.42 Å². The largest absolute Gasteiger partial charge is 0.316 e. The van der Waals surface area contributed by atoms with E-state index >= 15 is 0 Å². The molecule has 2 aromatic rings. The molecule has 0 unspecified atom stereocenters. The number of halogens is 2. The number of fused-ring (bicyclic) bond motifs is 1. The zero-order valence-electron chi connectivity index (χ0n) is 14.6. The molecule has 2 fully saturated rings. The molecule has 2 saturated heterocycles. The summed E-state index contributed by atoms with van der Waals surface area (Å²) >= 11 is 13.5. The summed E-state index contributed by atoms with van der Waals surface area (Å²) in [5.74, 6) is -0.176. The average Bonchev–Trinajstić information content (AvgIpc) is 3.09. The summed E-state index contributed by atoms with van der Waals surface area (Å²) in [5.41, 5.74) is 1.56. The topological polar surface area (TPSA) is 66.8 Å². The van der Waals surface area contributed by atoms with Crippen LogP contribution in [0.15, 0.2) is 53.5 Å². The van der Waals surface area contributed by atoms with Crippen LogP contribution in [-0.2, 0) is 21.1 Å². The predicted molar refractivity (Wildman–Crippen MR) is 115 cm³/mol. The number of anilines is 1. The van der Waals surface area contributed by atoms with E-state index in [-0.39, 0.29) is 35.1 Å². The van der Waals surface area contributed by atoms with Gasteiger partial charge in [-0.05, 0) is 23.8 Å². The number of nitrogens with zero attached hydrogens (tertiary/aromatic N) is 2. The van der Waals surface area contributed by atoms with E-state index in [2.05, 4.69) is 4.99 Å². The van der Waals surface area contributed by atoms with E-state index in [1.54, 1.807) is 18.2 Å². The van der Waals surface area contributed by atoms with E-state index in [1.165, 1.54) is 11.8 Å². The Labute approximate surface area is 177 Å². The zero-order chi connectivity index (χ0) is 19.9. The number of amidine groups is 1. The van der Waals surface area contributed by atoms with Crippen LogP contribution >= 0.6 is 35.0 Å². The van der Waals surface area contributed by atoms with Crippen LogP contribution in [0, 0.1) is 0 Å². The molecule has 2 aliphatic rings. The number of aliphatic imine (C=N–C) groups is 1. The van der Waals surface area contributed by atoms with Crippen molar-refractivity contribution in [1.82, 2.24) is 0 Å². The van der Waals surface area contributed by atoms with E-state index in [0.29, 0.717) is 20.9 Å². The summed E-state index contributed by atoms with van der Waals surface area (Å²) in [6.07, 6.45) is 0.188. The third-order valence-electron chi connectivity index (χ3n) is 4.67. The molecule has 28 heavy (non-hydrogen) atoms. The molecule has 4 rings (SSSR count). The lowest BCUT2D eigenvalue weighted by molar-refractivity contribution is -0.117. The molecule has 2 heterocycles. The molecule has 5 nitrogen and oxygen atoms in total. The SMILES string of the molecule is O=C(Cc1ccccc1)N=C1S[C@@H]2CS(=O)(=O)C[C@H]2N1c1ccc(Cl)c(Cl)c1. The number of hydrogen-bond acceptors (Lipinski definition) is 4. The standard InChI is InChI=1S/C19H16Cl2N2O3S2/c20-14-7-6-13(9-15(14)21)23-16-10-28(25,26)11-17(16)27-19(23)22-18(24)8-12-4-2-1-3-5-12/h1-7,9,16-17H,8,10-11H2/t16-,17-/m1/s1. The minimum absolute atomic E-state index is 0.0246. The highest BCUT2D eigenvalue weighted by Gasteiger charge is 2.49. The van der Waals surface area contributed by atoms with Crippen molar-refractivity contribution < 1.29 is 13.2 Å². The number of rotatable bonds is 3. The van der Waals surface area contributed by atoms with Gasteiger partial charge in [-0.2, -0.15) is 4.99 Å². The fraction of sp³-hybridized carbons (Fsp3) is 0.263. The molecule has 0 bridgehead atoms. The number of benzene rings is 2. The van der Waals surface area contributed by atoms with Crippen LogP contribution < -0.4 is 4.90 Å². The van der Waals surface area contributed by atoms with Crippen molar-refractivity contribution in [1.29, 1.82) is 0 Å². The number of thioether (sulfide) groups is 1. The highest BCUT2D eigenvalue weighted by molar-refractivity contribution is 8.16. The predicted octanol–water partition coefficient (Wildman–Crippen LogP) is 3.84. The summed E-state index contributed by atoms with van der Waals surface area (Å²) in [6.45, 7) is 0. The first-order valence-corrected chi connectivity index (χ1v) is 12.0.